The zero-order valence-corrected chi connectivity index (χ0v) is 10.4. The first-order valence-electron chi connectivity index (χ1n) is 6.46. The fourth-order valence-corrected chi connectivity index (χ4v) is 2.96. The fourth-order valence-electron chi connectivity index (χ4n) is 2.96. The molecule has 2 saturated heterocycles. The highest BCUT2D eigenvalue weighted by atomic mass is 19.1. The highest BCUT2D eigenvalue weighted by Gasteiger charge is 2.36. The van der Waals surface area contributed by atoms with Crippen LogP contribution in [0.25, 0.3) is 0 Å². The van der Waals surface area contributed by atoms with Crippen molar-refractivity contribution in [3.63, 3.8) is 0 Å². The molecule has 1 N–H and O–H groups in total. The first-order chi connectivity index (χ1) is 9.13. The number of carbonyl (C=O) groups is 1. The number of ether oxygens (including phenoxy) is 1. The quantitative estimate of drug-likeness (QED) is 0.832. The van der Waals surface area contributed by atoms with E-state index >= 15 is 0 Å². The number of halogens is 2. The van der Waals surface area contributed by atoms with Crippen LogP contribution in [-0.4, -0.2) is 31.1 Å². The van der Waals surface area contributed by atoms with E-state index in [9.17, 15) is 13.6 Å². The molecule has 0 aromatic heterocycles. The Labute approximate surface area is 109 Å². The van der Waals surface area contributed by atoms with E-state index < -0.39 is 11.6 Å². The predicted octanol–water partition coefficient (Wildman–Crippen LogP) is 1.91. The molecule has 2 unspecified atom stereocenters. The van der Waals surface area contributed by atoms with E-state index in [1.54, 1.807) is 0 Å². The molecule has 2 bridgehead atoms. The summed E-state index contributed by atoms with van der Waals surface area (Å²) in [7, 11) is 0. The lowest BCUT2D eigenvalue weighted by molar-refractivity contribution is 0.00945. The van der Waals surface area contributed by atoms with Crippen LogP contribution in [0.5, 0.6) is 0 Å². The van der Waals surface area contributed by atoms with Gasteiger partial charge in [-0.2, -0.15) is 0 Å². The summed E-state index contributed by atoms with van der Waals surface area (Å²) in [5.41, 5.74) is -0.133. The van der Waals surface area contributed by atoms with Gasteiger partial charge in [-0.1, -0.05) is 0 Å². The summed E-state index contributed by atoms with van der Waals surface area (Å²) in [6.45, 7) is 1.15. The molecule has 1 aromatic carbocycles. The van der Waals surface area contributed by atoms with Crippen molar-refractivity contribution < 1.29 is 18.3 Å². The Morgan fingerprint density at radius 2 is 1.89 bits per heavy atom. The van der Waals surface area contributed by atoms with Crippen LogP contribution in [0.2, 0.25) is 0 Å². The number of fused-ring (bicyclic) bond motifs is 2. The van der Waals surface area contributed by atoms with Gasteiger partial charge in [0.1, 0.15) is 11.6 Å². The summed E-state index contributed by atoms with van der Waals surface area (Å²) in [4.78, 5) is 12.3. The first kappa shape index (κ1) is 12.7. The Kier molecular flexibility index (Phi) is 3.33. The van der Waals surface area contributed by atoms with Gasteiger partial charge >= 0.3 is 0 Å². The Balaban J connectivity index is 1.82. The average Bonchev–Trinajstić information content (AvgIpc) is 2.40. The fraction of sp³-hybridized carbons (Fsp3) is 0.500. The average molecular weight is 267 g/mol. The topological polar surface area (TPSA) is 38.3 Å². The highest BCUT2D eigenvalue weighted by molar-refractivity contribution is 5.98. The SMILES string of the molecule is O=C(c1cc(F)ccc1F)C1CC2COCC(C1)N2. The molecule has 0 spiro atoms. The number of morpholine rings is 1. The molecule has 0 saturated carbocycles. The van der Waals surface area contributed by atoms with Crippen molar-refractivity contribution in [2.75, 3.05) is 13.2 Å². The number of nitrogens with one attached hydrogen (secondary N) is 1. The Morgan fingerprint density at radius 3 is 2.58 bits per heavy atom. The van der Waals surface area contributed by atoms with Crippen LogP contribution in [0.3, 0.4) is 0 Å². The maximum absolute atomic E-state index is 13.6. The van der Waals surface area contributed by atoms with Gasteiger partial charge in [0, 0.05) is 18.0 Å². The Morgan fingerprint density at radius 1 is 1.21 bits per heavy atom. The zero-order valence-electron chi connectivity index (χ0n) is 10.4. The smallest absolute Gasteiger partial charge is 0.169 e. The molecule has 0 amide bonds. The molecule has 2 aliphatic heterocycles. The van der Waals surface area contributed by atoms with Crippen LogP contribution in [0.1, 0.15) is 23.2 Å². The summed E-state index contributed by atoms with van der Waals surface area (Å²) in [5, 5.41) is 3.37. The van der Waals surface area contributed by atoms with Crippen molar-refractivity contribution >= 4 is 5.78 Å². The number of piperidine rings is 1. The van der Waals surface area contributed by atoms with Gasteiger partial charge in [-0.25, -0.2) is 8.78 Å². The minimum atomic E-state index is -0.647. The molecule has 2 atom stereocenters. The number of hydrogen-bond acceptors (Lipinski definition) is 3. The summed E-state index contributed by atoms with van der Waals surface area (Å²) in [6.07, 6.45) is 1.23. The molecular formula is C14H15F2NO2. The standard InChI is InChI=1S/C14H15F2NO2/c15-9-1-2-13(16)12(5-9)14(18)8-3-10-6-19-7-11(4-8)17-10/h1-2,5,8,10-11,17H,3-4,6-7H2. The summed E-state index contributed by atoms with van der Waals surface area (Å²) in [5.74, 6) is -1.78. The molecule has 0 aliphatic carbocycles. The maximum atomic E-state index is 13.6. The van der Waals surface area contributed by atoms with Gasteiger partial charge in [-0.15, -0.1) is 0 Å². The van der Waals surface area contributed by atoms with E-state index in [0.29, 0.717) is 26.1 Å². The van der Waals surface area contributed by atoms with Crippen molar-refractivity contribution in [3.05, 3.63) is 35.4 Å². The molecule has 2 aliphatic rings. The molecule has 3 nitrogen and oxygen atoms in total. The lowest BCUT2D eigenvalue weighted by Gasteiger charge is -2.39. The molecule has 2 fully saturated rings. The van der Waals surface area contributed by atoms with E-state index in [2.05, 4.69) is 5.32 Å². The van der Waals surface area contributed by atoms with E-state index in [4.69, 9.17) is 4.74 Å². The number of hydrogen-bond donors (Lipinski definition) is 1. The van der Waals surface area contributed by atoms with Gasteiger partial charge < -0.3 is 10.1 Å². The second kappa shape index (κ2) is 4.98. The maximum Gasteiger partial charge on any atom is 0.169 e. The van der Waals surface area contributed by atoms with Gasteiger partial charge in [-0.3, -0.25) is 4.79 Å². The molecule has 3 rings (SSSR count). The summed E-state index contributed by atoms with van der Waals surface area (Å²) < 4.78 is 32.2. The van der Waals surface area contributed by atoms with Crippen LogP contribution >= 0.6 is 0 Å². The van der Waals surface area contributed by atoms with Gasteiger partial charge in [0.2, 0.25) is 0 Å². The molecule has 19 heavy (non-hydrogen) atoms. The molecule has 0 radical (unpaired) electrons. The van der Waals surface area contributed by atoms with Crippen LogP contribution in [0, 0.1) is 17.6 Å². The largest absolute Gasteiger partial charge is 0.378 e. The van der Waals surface area contributed by atoms with Crippen LogP contribution in [0.15, 0.2) is 18.2 Å². The molecular weight excluding hydrogens is 252 g/mol. The van der Waals surface area contributed by atoms with Crippen LogP contribution in [-0.2, 0) is 4.74 Å². The summed E-state index contributed by atoms with van der Waals surface area (Å²) >= 11 is 0. The van der Waals surface area contributed by atoms with Gasteiger partial charge in [0.25, 0.3) is 0 Å². The third-order valence-corrected chi connectivity index (χ3v) is 3.81. The zero-order chi connectivity index (χ0) is 13.4. The lowest BCUT2D eigenvalue weighted by atomic mass is 9.82. The molecule has 5 heteroatoms. The monoisotopic (exact) mass is 267 g/mol. The minimum Gasteiger partial charge on any atom is -0.378 e. The third kappa shape index (κ3) is 2.53. The van der Waals surface area contributed by atoms with Crippen molar-refractivity contribution in [1.82, 2.24) is 5.32 Å². The predicted molar refractivity (Wildman–Crippen MR) is 64.9 cm³/mol. The van der Waals surface area contributed by atoms with Crippen LogP contribution in [0.4, 0.5) is 8.78 Å². The number of benzene rings is 1. The Hall–Kier alpha value is -1.33. The lowest BCUT2D eigenvalue weighted by Crippen LogP contribution is -2.55. The van der Waals surface area contributed by atoms with E-state index in [0.717, 1.165) is 18.2 Å². The highest BCUT2D eigenvalue weighted by Crippen LogP contribution is 2.28. The van der Waals surface area contributed by atoms with Crippen molar-refractivity contribution in [2.45, 2.75) is 24.9 Å². The molecule has 2 heterocycles. The molecule has 1 aromatic rings. The molecule has 102 valence electrons. The van der Waals surface area contributed by atoms with Crippen molar-refractivity contribution in [3.8, 4) is 0 Å². The minimum absolute atomic E-state index is 0.133. The van der Waals surface area contributed by atoms with Gasteiger partial charge in [0.05, 0.1) is 18.8 Å². The second-order valence-electron chi connectivity index (χ2n) is 5.25. The number of ketones is 1. The van der Waals surface area contributed by atoms with Gasteiger partial charge in [-0.05, 0) is 31.0 Å². The summed E-state index contributed by atoms with van der Waals surface area (Å²) in [6, 6.07) is 3.30. The van der Waals surface area contributed by atoms with E-state index in [1.807, 2.05) is 0 Å². The van der Waals surface area contributed by atoms with E-state index in [1.165, 1.54) is 0 Å². The van der Waals surface area contributed by atoms with Gasteiger partial charge in [0.15, 0.2) is 5.78 Å². The number of carbonyl (C=O) groups excluding carboxylic acids is 1. The normalized spacial score (nSPS) is 30.1. The van der Waals surface area contributed by atoms with Crippen LogP contribution < -0.4 is 5.32 Å². The third-order valence-electron chi connectivity index (χ3n) is 3.81. The first-order valence-corrected chi connectivity index (χ1v) is 6.46. The second-order valence-corrected chi connectivity index (χ2v) is 5.25. The van der Waals surface area contributed by atoms with E-state index in [-0.39, 0.29) is 29.3 Å². The van der Waals surface area contributed by atoms with Crippen molar-refractivity contribution in [1.29, 1.82) is 0 Å². The van der Waals surface area contributed by atoms with Crippen molar-refractivity contribution in [2.24, 2.45) is 5.92 Å². The number of rotatable bonds is 2. The number of Topliss-reactive ketones (excluding diaryl/α,β-unsaturated/α-hetero) is 1. The Bertz CT molecular complexity index is 494.